The van der Waals surface area contributed by atoms with Crippen molar-refractivity contribution >= 4 is 12.2 Å². The van der Waals surface area contributed by atoms with Gasteiger partial charge < -0.3 is 9.55 Å². The number of hydrogen-bond donors (Lipinski definition) is 1. The number of hydrogen-bond acceptors (Lipinski definition) is 2. The Morgan fingerprint density at radius 3 is 2.86 bits per heavy atom. The first-order valence-electron chi connectivity index (χ1n) is 4.40. The number of nitrogens with one attached hydrogen (secondary N) is 1. The number of H-pyrrole nitrogens is 1. The van der Waals surface area contributed by atoms with Crippen LogP contribution in [0.25, 0.3) is 0 Å². The van der Waals surface area contributed by atoms with E-state index in [1.807, 2.05) is 37.0 Å². The number of aryl methyl sites for hydroxylation is 2. The molecule has 0 aliphatic heterocycles. The summed E-state index contributed by atoms with van der Waals surface area (Å²) in [6, 6.07) is 1.99. The van der Waals surface area contributed by atoms with E-state index in [9.17, 15) is 0 Å². The summed E-state index contributed by atoms with van der Waals surface area (Å²) in [5, 5.41) is 4.30. The maximum atomic E-state index is 5.15. The molecule has 0 saturated heterocycles. The highest BCUT2D eigenvalue weighted by atomic mass is 32.1. The maximum absolute atomic E-state index is 5.15. The molecule has 0 saturated carbocycles. The average Bonchev–Trinajstić information content (AvgIpc) is 2.67. The van der Waals surface area contributed by atoms with Gasteiger partial charge in [-0.15, -0.1) is 0 Å². The van der Waals surface area contributed by atoms with E-state index in [1.54, 1.807) is 4.68 Å². The second-order valence-corrected chi connectivity index (χ2v) is 3.69. The minimum atomic E-state index is 0.731. The van der Waals surface area contributed by atoms with Gasteiger partial charge in [-0.05, 0) is 25.2 Å². The molecule has 4 nitrogen and oxygen atoms in total. The van der Waals surface area contributed by atoms with Gasteiger partial charge in [-0.3, -0.25) is 4.68 Å². The van der Waals surface area contributed by atoms with Crippen molar-refractivity contribution in [2.24, 2.45) is 7.05 Å². The van der Waals surface area contributed by atoms with Gasteiger partial charge in [0.1, 0.15) is 0 Å². The molecule has 2 rings (SSSR count). The SMILES string of the molecule is Cc1c[nH]c(=S)n1Cc1ccn(C)n1. The van der Waals surface area contributed by atoms with Crippen LogP contribution in [0.4, 0.5) is 0 Å². The smallest absolute Gasteiger partial charge is 0.177 e. The summed E-state index contributed by atoms with van der Waals surface area (Å²) in [4.78, 5) is 3.01. The molecule has 0 radical (unpaired) electrons. The van der Waals surface area contributed by atoms with Gasteiger partial charge >= 0.3 is 0 Å². The third kappa shape index (κ3) is 1.63. The van der Waals surface area contributed by atoms with Gasteiger partial charge in [-0.25, -0.2) is 0 Å². The van der Waals surface area contributed by atoms with E-state index >= 15 is 0 Å². The minimum Gasteiger partial charge on any atom is -0.337 e. The Kier molecular flexibility index (Phi) is 2.25. The van der Waals surface area contributed by atoms with Crippen molar-refractivity contribution in [3.8, 4) is 0 Å². The van der Waals surface area contributed by atoms with Crippen LogP contribution in [0.3, 0.4) is 0 Å². The fourth-order valence-electron chi connectivity index (χ4n) is 1.39. The molecule has 0 spiro atoms. The fraction of sp³-hybridized carbons (Fsp3) is 0.333. The number of rotatable bonds is 2. The summed E-state index contributed by atoms with van der Waals surface area (Å²) < 4.78 is 4.56. The first-order chi connectivity index (χ1) is 6.66. The molecule has 0 aromatic carbocycles. The molecular weight excluding hydrogens is 196 g/mol. The third-order valence-corrected chi connectivity index (χ3v) is 2.50. The van der Waals surface area contributed by atoms with Crippen LogP contribution in [0.5, 0.6) is 0 Å². The molecule has 5 heteroatoms. The van der Waals surface area contributed by atoms with Crippen LogP contribution in [-0.4, -0.2) is 19.3 Å². The first kappa shape index (κ1) is 9.21. The lowest BCUT2D eigenvalue weighted by atomic mass is 10.4. The standard InChI is InChI=1S/C9H12N4S/c1-7-5-10-9(14)13(7)6-8-3-4-12(2)11-8/h3-5H,6H2,1-2H3,(H,10,14). The van der Waals surface area contributed by atoms with Crippen molar-refractivity contribution in [3.05, 3.63) is 34.6 Å². The molecule has 0 aliphatic carbocycles. The second-order valence-electron chi connectivity index (χ2n) is 3.30. The monoisotopic (exact) mass is 208 g/mol. The Hall–Kier alpha value is -1.36. The molecule has 74 valence electrons. The summed E-state index contributed by atoms with van der Waals surface area (Å²) in [6.07, 6.45) is 3.84. The van der Waals surface area contributed by atoms with Crippen LogP contribution in [-0.2, 0) is 13.6 Å². The quantitative estimate of drug-likeness (QED) is 0.762. The highest BCUT2D eigenvalue weighted by molar-refractivity contribution is 7.71. The Balaban J connectivity index is 2.31. The van der Waals surface area contributed by atoms with Crippen molar-refractivity contribution in [2.75, 3.05) is 0 Å². The van der Waals surface area contributed by atoms with Crippen molar-refractivity contribution in [3.63, 3.8) is 0 Å². The van der Waals surface area contributed by atoms with E-state index in [2.05, 4.69) is 10.1 Å². The van der Waals surface area contributed by atoms with Crippen molar-refractivity contribution in [1.29, 1.82) is 0 Å². The van der Waals surface area contributed by atoms with E-state index in [1.165, 1.54) is 0 Å². The zero-order valence-corrected chi connectivity index (χ0v) is 9.01. The van der Waals surface area contributed by atoms with Gasteiger partial charge in [-0.1, -0.05) is 0 Å². The lowest BCUT2D eigenvalue weighted by Gasteiger charge is -2.01. The van der Waals surface area contributed by atoms with Crippen LogP contribution in [0.2, 0.25) is 0 Å². The van der Waals surface area contributed by atoms with Crippen LogP contribution in [0.1, 0.15) is 11.4 Å². The fourth-order valence-corrected chi connectivity index (χ4v) is 1.66. The van der Waals surface area contributed by atoms with E-state index in [4.69, 9.17) is 12.2 Å². The Morgan fingerprint density at radius 2 is 2.36 bits per heavy atom. The minimum absolute atomic E-state index is 0.731. The van der Waals surface area contributed by atoms with E-state index < -0.39 is 0 Å². The molecule has 0 fully saturated rings. The van der Waals surface area contributed by atoms with Crippen LogP contribution < -0.4 is 0 Å². The van der Waals surface area contributed by atoms with Crippen molar-refractivity contribution in [1.82, 2.24) is 19.3 Å². The van der Waals surface area contributed by atoms with E-state index in [0.29, 0.717) is 0 Å². The highest BCUT2D eigenvalue weighted by Gasteiger charge is 2.02. The van der Waals surface area contributed by atoms with Gasteiger partial charge in [0.05, 0.1) is 12.2 Å². The highest BCUT2D eigenvalue weighted by Crippen LogP contribution is 2.04. The summed E-state index contributed by atoms with van der Waals surface area (Å²) in [5.74, 6) is 0. The number of aromatic amines is 1. The Labute approximate surface area is 87.2 Å². The molecule has 2 aromatic heterocycles. The number of nitrogens with zero attached hydrogens (tertiary/aromatic N) is 3. The molecule has 0 atom stereocenters. The lowest BCUT2D eigenvalue weighted by molar-refractivity contribution is 0.691. The summed E-state index contributed by atoms with van der Waals surface area (Å²) in [5.41, 5.74) is 2.15. The maximum Gasteiger partial charge on any atom is 0.177 e. The Morgan fingerprint density at radius 1 is 1.57 bits per heavy atom. The van der Waals surface area contributed by atoms with E-state index in [-0.39, 0.29) is 0 Å². The van der Waals surface area contributed by atoms with Crippen molar-refractivity contribution in [2.45, 2.75) is 13.5 Å². The predicted molar refractivity (Wildman–Crippen MR) is 56.7 cm³/mol. The van der Waals surface area contributed by atoms with Gasteiger partial charge in [0, 0.05) is 25.1 Å². The van der Waals surface area contributed by atoms with E-state index in [0.717, 1.165) is 22.7 Å². The molecule has 1 N–H and O–H groups in total. The Bertz CT molecular complexity index is 491. The molecule has 0 bridgehead atoms. The zero-order chi connectivity index (χ0) is 10.1. The summed E-state index contributed by atoms with van der Waals surface area (Å²) in [6.45, 7) is 2.75. The van der Waals surface area contributed by atoms with Crippen LogP contribution in [0, 0.1) is 11.7 Å². The second kappa shape index (κ2) is 3.42. The zero-order valence-electron chi connectivity index (χ0n) is 8.19. The third-order valence-electron chi connectivity index (χ3n) is 2.16. The molecule has 2 heterocycles. The normalized spacial score (nSPS) is 10.7. The summed E-state index contributed by atoms with van der Waals surface area (Å²) >= 11 is 5.15. The van der Waals surface area contributed by atoms with Gasteiger partial charge in [0.25, 0.3) is 0 Å². The summed E-state index contributed by atoms with van der Waals surface area (Å²) in [7, 11) is 1.91. The molecule has 0 amide bonds. The molecule has 2 aromatic rings. The number of aromatic nitrogens is 4. The van der Waals surface area contributed by atoms with Gasteiger partial charge in [0.15, 0.2) is 4.77 Å². The first-order valence-corrected chi connectivity index (χ1v) is 4.81. The average molecular weight is 208 g/mol. The molecule has 0 aliphatic rings. The van der Waals surface area contributed by atoms with Crippen molar-refractivity contribution < 1.29 is 0 Å². The molecule has 0 unspecified atom stereocenters. The van der Waals surface area contributed by atoms with Crippen LogP contribution >= 0.6 is 12.2 Å². The number of imidazole rings is 1. The topological polar surface area (TPSA) is 38.5 Å². The largest absolute Gasteiger partial charge is 0.337 e. The molecular formula is C9H12N4S. The van der Waals surface area contributed by atoms with Crippen LogP contribution in [0.15, 0.2) is 18.5 Å². The van der Waals surface area contributed by atoms with Gasteiger partial charge in [-0.2, -0.15) is 5.10 Å². The lowest BCUT2D eigenvalue weighted by Crippen LogP contribution is -2.03. The predicted octanol–water partition coefficient (Wildman–Crippen LogP) is 1.64. The molecule has 14 heavy (non-hydrogen) atoms. The van der Waals surface area contributed by atoms with Gasteiger partial charge in [0.2, 0.25) is 0 Å².